The van der Waals surface area contributed by atoms with Crippen LogP contribution in [0.4, 0.5) is 11.4 Å². The summed E-state index contributed by atoms with van der Waals surface area (Å²) in [5.74, 6) is -0.488. The molecule has 3 rings (SSSR count). The summed E-state index contributed by atoms with van der Waals surface area (Å²) in [7, 11) is 0. The highest BCUT2D eigenvalue weighted by atomic mass is 32.2. The van der Waals surface area contributed by atoms with E-state index < -0.39 is 9.85 Å². The van der Waals surface area contributed by atoms with Crippen molar-refractivity contribution in [1.29, 1.82) is 0 Å². The lowest BCUT2D eigenvalue weighted by molar-refractivity contribution is -0.385. The molecule has 0 radical (unpaired) electrons. The molecule has 0 amide bonds. The van der Waals surface area contributed by atoms with Gasteiger partial charge in [-0.05, 0) is 0 Å². The van der Waals surface area contributed by atoms with Crippen LogP contribution in [-0.4, -0.2) is 43.1 Å². The fourth-order valence-electron chi connectivity index (χ4n) is 2.32. The highest BCUT2D eigenvalue weighted by Crippen LogP contribution is 2.30. The molecule has 0 fully saturated rings. The smallest absolute Gasteiger partial charge is 0.270 e. The topological polar surface area (TPSA) is 146 Å². The van der Waals surface area contributed by atoms with Crippen molar-refractivity contribution in [2.45, 2.75) is 8.68 Å². The molecule has 0 N–H and O–H groups in total. The first-order valence-corrected chi connectivity index (χ1v) is 11.3. The average molecular weight is 477 g/mol. The lowest BCUT2D eigenvalue weighted by atomic mass is 10.1. The molecule has 31 heavy (non-hydrogen) atoms. The summed E-state index contributed by atoms with van der Waals surface area (Å²) in [5, 5.41) is 29.6. The predicted molar refractivity (Wildman–Crippen MR) is 116 cm³/mol. The van der Waals surface area contributed by atoms with E-state index in [4.69, 9.17) is 0 Å². The number of nitro groups is 2. The first-order chi connectivity index (χ1) is 14.8. The zero-order valence-corrected chi connectivity index (χ0v) is 17.9. The molecule has 2 aromatic carbocycles. The van der Waals surface area contributed by atoms with E-state index in [1.807, 2.05) is 0 Å². The van der Waals surface area contributed by atoms with E-state index in [-0.39, 0.29) is 45.6 Å². The van der Waals surface area contributed by atoms with Gasteiger partial charge in [0.1, 0.15) is 0 Å². The molecule has 0 spiro atoms. The number of hydrogen-bond donors (Lipinski definition) is 0. The molecule has 0 saturated heterocycles. The van der Waals surface area contributed by atoms with E-state index >= 15 is 0 Å². The molecule has 0 bridgehead atoms. The van der Waals surface area contributed by atoms with Crippen LogP contribution < -0.4 is 0 Å². The summed E-state index contributed by atoms with van der Waals surface area (Å²) in [4.78, 5) is 45.0. The van der Waals surface area contributed by atoms with Gasteiger partial charge in [-0.15, -0.1) is 10.2 Å². The van der Waals surface area contributed by atoms with E-state index in [1.54, 1.807) is 0 Å². The molecule has 0 saturated carbocycles. The standard InChI is InChI=1S/C18H12N4O6S3/c23-15(11-3-1-5-13(7-11)21(25)26)9-29-17-19-20-18(31-17)30-10-16(24)12-4-2-6-14(8-12)22(27)28/h1-8H,9-10H2. The van der Waals surface area contributed by atoms with Crippen LogP contribution in [0.1, 0.15) is 20.7 Å². The number of carbonyl (C=O) groups excluding carboxylic acids is 2. The molecule has 0 atom stereocenters. The molecule has 0 aliphatic carbocycles. The fourth-order valence-corrected chi connectivity index (χ4v) is 5.13. The Balaban J connectivity index is 1.53. The third-order valence-electron chi connectivity index (χ3n) is 3.80. The second kappa shape index (κ2) is 10.2. The molecule has 158 valence electrons. The summed E-state index contributed by atoms with van der Waals surface area (Å²) >= 11 is 3.50. The minimum Gasteiger partial charge on any atom is -0.293 e. The highest BCUT2D eigenvalue weighted by molar-refractivity contribution is 8.03. The van der Waals surface area contributed by atoms with Crippen LogP contribution >= 0.6 is 34.9 Å². The average Bonchev–Trinajstić information content (AvgIpc) is 3.23. The van der Waals surface area contributed by atoms with Gasteiger partial charge in [-0.1, -0.05) is 59.1 Å². The third-order valence-corrected chi connectivity index (χ3v) is 6.99. The Morgan fingerprint density at radius 2 is 1.23 bits per heavy atom. The molecular weight excluding hydrogens is 464 g/mol. The lowest BCUT2D eigenvalue weighted by Crippen LogP contribution is -2.03. The van der Waals surface area contributed by atoms with Crippen LogP contribution in [-0.2, 0) is 0 Å². The van der Waals surface area contributed by atoms with Crippen molar-refractivity contribution in [3.8, 4) is 0 Å². The van der Waals surface area contributed by atoms with Crippen LogP contribution in [0.25, 0.3) is 0 Å². The van der Waals surface area contributed by atoms with Gasteiger partial charge in [0, 0.05) is 35.4 Å². The van der Waals surface area contributed by atoms with Gasteiger partial charge in [0.2, 0.25) is 0 Å². The predicted octanol–water partition coefficient (Wildman–Crippen LogP) is 4.30. The van der Waals surface area contributed by atoms with E-state index in [9.17, 15) is 29.8 Å². The summed E-state index contributed by atoms with van der Waals surface area (Å²) in [6, 6.07) is 11.0. The number of carbonyl (C=O) groups is 2. The van der Waals surface area contributed by atoms with Crippen molar-refractivity contribution in [3.63, 3.8) is 0 Å². The minimum absolute atomic E-state index is 0.0348. The van der Waals surface area contributed by atoms with Crippen molar-refractivity contribution in [3.05, 3.63) is 79.9 Å². The van der Waals surface area contributed by atoms with E-state index in [1.165, 1.54) is 59.9 Å². The number of aromatic nitrogens is 2. The molecular formula is C18H12N4O6S3. The number of benzene rings is 2. The first-order valence-electron chi connectivity index (χ1n) is 8.48. The van der Waals surface area contributed by atoms with Gasteiger partial charge in [0.15, 0.2) is 20.2 Å². The first kappa shape index (κ1) is 22.5. The molecule has 10 nitrogen and oxygen atoms in total. The Morgan fingerprint density at radius 1 is 0.806 bits per heavy atom. The van der Waals surface area contributed by atoms with E-state index in [2.05, 4.69) is 10.2 Å². The number of hydrogen-bond acceptors (Lipinski definition) is 11. The van der Waals surface area contributed by atoms with E-state index in [0.29, 0.717) is 8.68 Å². The number of Topliss-reactive ketones (excluding diaryl/α,β-unsaturated/α-hetero) is 2. The molecule has 0 aliphatic rings. The van der Waals surface area contributed by atoms with Gasteiger partial charge in [-0.2, -0.15) is 0 Å². The maximum Gasteiger partial charge on any atom is 0.270 e. The Hall–Kier alpha value is -3.16. The van der Waals surface area contributed by atoms with Gasteiger partial charge in [0.05, 0.1) is 21.4 Å². The number of nitrogens with zero attached hydrogens (tertiary/aromatic N) is 4. The maximum atomic E-state index is 12.3. The number of rotatable bonds is 10. The molecule has 0 unspecified atom stereocenters. The zero-order valence-electron chi connectivity index (χ0n) is 15.5. The van der Waals surface area contributed by atoms with Crippen LogP contribution in [0.2, 0.25) is 0 Å². The molecule has 1 aromatic heterocycles. The van der Waals surface area contributed by atoms with Crippen molar-refractivity contribution in [2.24, 2.45) is 0 Å². The van der Waals surface area contributed by atoms with E-state index in [0.717, 1.165) is 23.5 Å². The largest absolute Gasteiger partial charge is 0.293 e. The number of nitro benzene ring substituents is 2. The number of thioether (sulfide) groups is 2. The van der Waals surface area contributed by atoms with Gasteiger partial charge in [0.25, 0.3) is 11.4 Å². The van der Waals surface area contributed by atoms with Gasteiger partial charge in [-0.3, -0.25) is 29.8 Å². The highest BCUT2D eigenvalue weighted by Gasteiger charge is 2.15. The molecule has 1 heterocycles. The van der Waals surface area contributed by atoms with Crippen molar-refractivity contribution >= 4 is 57.8 Å². The van der Waals surface area contributed by atoms with Crippen molar-refractivity contribution in [2.75, 3.05) is 11.5 Å². The quantitative estimate of drug-likeness (QED) is 0.179. The fraction of sp³-hybridized carbons (Fsp3) is 0.111. The van der Waals surface area contributed by atoms with Crippen LogP contribution in [0.3, 0.4) is 0 Å². The maximum absolute atomic E-state index is 12.3. The van der Waals surface area contributed by atoms with Crippen LogP contribution in [0.15, 0.2) is 57.2 Å². The second-order valence-corrected chi connectivity index (χ2v) is 9.29. The molecule has 13 heteroatoms. The minimum atomic E-state index is -0.562. The summed E-state index contributed by atoms with van der Waals surface area (Å²) in [6.45, 7) is 0. The van der Waals surface area contributed by atoms with Crippen LogP contribution in [0.5, 0.6) is 0 Å². The second-order valence-electron chi connectivity index (χ2n) is 5.87. The van der Waals surface area contributed by atoms with Crippen LogP contribution in [0, 0.1) is 20.2 Å². The Kier molecular flexibility index (Phi) is 7.44. The summed E-state index contributed by atoms with van der Waals surface area (Å²) in [6.07, 6.45) is 0. The van der Waals surface area contributed by atoms with Gasteiger partial charge < -0.3 is 0 Å². The van der Waals surface area contributed by atoms with Crippen molar-refractivity contribution < 1.29 is 19.4 Å². The third kappa shape index (κ3) is 6.16. The SMILES string of the molecule is O=C(CSc1nnc(SCC(=O)c2cccc([N+](=O)[O-])c2)s1)c1cccc([N+](=O)[O-])c1. The number of non-ortho nitro benzene ring substituents is 2. The summed E-state index contributed by atoms with van der Waals surface area (Å²) < 4.78 is 1.04. The monoisotopic (exact) mass is 476 g/mol. The van der Waals surface area contributed by atoms with Crippen molar-refractivity contribution in [1.82, 2.24) is 10.2 Å². The Morgan fingerprint density at radius 3 is 1.61 bits per heavy atom. The number of ketones is 2. The normalized spacial score (nSPS) is 10.6. The Bertz CT molecular complexity index is 1080. The zero-order chi connectivity index (χ0) is 22.4. The molecule has 0 aliphatic heterocycles. The Labute approximate surface area is 187 Å². The lowest BCUT2D eigenvalue weighted by Gasteiger charge is -1.99. The molecule has 3 aromatic rings. The van der Waals surface area contributed by atoms with Gasteiger partial charge in [-0.25, -0.2) is 0 Å². The summed E-state index contributed by atoms with van der Waals surface area (Å²) in [5.41, 5.74) is 0.171. The van der Waals surface area contributed by atoms with Gasteiger partial charge >= 0.3 is 0 Å².